The standard InChI is InChI=1S/C15H16ClNO2/c1-10-3-4-12(11(2)9-10)13-5-6-14(19-13)15(18)17-8-7-16/h3-6,9H,7-8H2,1-2H3,(H,17,18). The summed E-state index contributed by atoms with van der Waals surface area (Å²) in [7, 11) is 0. The minimum absolute atomic E-state index is 0.239. The molecule has 2 rings (SSSR count). The molecule has 4 heteroatoms. The monoisotopic (exact) mass is 277 g/mol. The highest BCUT2D eigenvalue weighted by Crippen LogP contribution is 2.26. The number of alkyl halides is 1. The Kier molecular flexibility index (Phi) is 4.27. The van der Waals surface area contributed by atoms with Crippen LogP contribution in [0.5, 0.6) is 0 Å². The maximum atomic E-state index is 11.7. The second kappa shape index (κ2) is 5.93. The molecule has 19 heavy (non-hydrogen) atoms. The van der Waals surface area contributed by atoms with Gasteiger partial charge in [-0.3, -0.25) is 4.79 Å². The van der Waals surface area contributed by atoms with Crippen LogP contribution in [0.1, 0.15) is 21.7 Å². The van der Waals surface area contributed by atoms with Gasteiger partial charge in [-0.05, 0) is 31.5 Å². The van der Waals surface area contributed by atoms with Crippen LogP contribution in [0.25, 0.3) is 11.3 Å². The molecule has 0 saturated carbocycles. The maximum absolute atomic E-state index is 11.7. The molecule has 1 amide bonds. The van der Waals surface area contributed by atoms with Crippen molar-refractivity contribution in [1.29, 1.82) is 0 Å². The van der Waals surface area contributed by atoms with Crippen LogP contribution in [0.3, 0.4) is 0 Å². The molecule has 1 aromatic carbocycles. The number of furan rings is 1. The quantitative estimate of drug-likeness (QED) is 0.869. The fraction of sp³-hybridized carbons (Fsp3) is 0.267. The van der Waals surface area contributed by atoms with Crippen molar-refractivity contribution < 1.29 is 9.21 Å². The van der Waals surface area contributed by atoms with Crippen LogP contribution in [-0.4, -0.2) is 18.3 Å². The molecule has 0 aliphatic carbocycles. The molecule has 0 fully saturated rings. The molecule has 3 nitrogen and oxygen atoms in total. The Labute approximate surface area is 117 Å². The Bertz CT molecular complexity index is 590. The van der Waals surface area contributed by atoms with Crippen LogP contribution < -0.4 is 5.32 Å². The molecule has 0 unspecified atom stereocenters. The Balaban J connectivity index is 2.23. The van der Waals surface area contributed by atoms with Crippen molar-refractivity contribution in [3.05, 3.63) is 47.2 Å². The van der Waals surface area contributed by atoms with Gasteiger partial charge in [-0.25, -0.2) is 0 Å². The smallest absolute Gasteiger partial charge is 0.287 e. The lowest BCUT2D eigenvalue weighted by Gasteiger charge is -2.04. The van der Waals surface area contributed by atoms with Gasteiger partial charge in [-0.2, -0.15) is 0 Å². The number of nitrogens with one attached hydrogen (secondary N) is 1. The van der Waals surface area contributed by atoms with Crippen LogP contribution in [0.4, 0.5) is 0 Å². The van der Waals surface area contributed by atoms with Crippen molar-refractivity contribution in [2.45, 2.75) is 13.8 Å². The first-order chi connectivity index (χ1) is 9.11. The first-order valence-electron chi connectivity index (χ1n) is 6.13. The fourth-order valence-electron chi connectivity index (χ4n) is 1.94. The van der Waals surface area contributed by atoms with Crippen molar-refractivity contribution in [3.8, 4) is 11.3 Å². The minimum Gasteiger partial charge on any atom is -0.451 e. The lowest BCUT2D eigenvalue weighted by Crippen LogP contribution is -2.24. The van der Waals surface area contributed by atoms with Crippen molar-refractivity contribution in [2.24, 2.45) is 0 Å². The average molecular weight is 278 g/mol. The second-order valence-electron chi connectivity index (χ2n) is 4.43. The third-order valence-electron chi connectivity index (χ3n) is 2.86. The molecule has 0 bridgehead atoms. The van der Waals surface area contributed by atoms with Gasteiger partial charge in [0.2, 0.25) is 0 Å². The highest BCUT2D eigenvalue weighted by atomic mass is 35.5. The molecule has 2 aromatic rings. The van der Waals surface area contributed by atoms with Gasteiger partial charge < -0.3 is 9.73 Å². The zero-order valence-electron chi connectivity index (χ0n) is 11.0. The maximum Gasteiger partial charge on any atom is 0.287 e. The number of benzene rings is 1. The Hall–Kier alpha value is -1.74. The Morgan fingerprint density at radius 2 is 2.05 bits per heavy atom. The van der Waals surface area contributed by atoms with Gasteiger partial charge in [0.25, 0.3) is 5.91 Å². The number of carbonyl (C=O) groups excluding carboxylic acids is 1. The first kappa shape index (κ1) is 13.7. The van der Waals surface area contributed by atoms with Crippen molar-refractivity contribution in [2.75, 3.05) is 12.4 Å². The SMILES string of the molecule is Cc1ccc(-c2ccc(C(=O)NCCCl)o2)c(C)c1. The van der Waals surface area contributed by atoms with E-state index in [0.29, 0.717) is 23.9 Å². The van der Waals surface area contributed by atoms with E-state index in [9.17, 15) is 4.79 Å². The van der Waals surface area contributed by atoms with Gasteiger partial charge >= 0.3 is 0 Å². The van der Waals surface area contributed by atoms with Gasteiger partial charge in [-0.15, -0.1) is 11.6 Å². The van der Waals surface area contributed by atoms with E-state index in [1.807, 2.05) is 32.0 Å². The van der Waals surface area contributed by atoms with Gasteiger partial charge in [0.1, 0.15) is 5.76 Å². The molecule has 1 heterocycles. The van der Waals surface area contributed by atoms with E-state index in [1.54, 1.807) is 6.07 Å². The summed E-state index contributed by atoms with van der Waals surface area (Å²) in [4.78, 5) is 11.7. The molecule has 0 radical (unpaired) electrons. The lowest BCUT2D eigenvalue weighted by molar-refractivity contribution is 0.0929. The summed E-state index contributed by atoms with van der Waals surface area (Å²) >= 11 is 5.52. The van der Waals surface area contributed by atoms with E-state index in [4.69, 9.17) is 16.0 Å². The van der Waals surface area contributed by atoms with Gasteiger partial charge in [0.05, 0.1) is 0 Å². The molecule has 0 aliphatic rings. The molecule has 100 valence electrons. The van der Waals surface area contributed by atoms with Gasteiger partial charge in [0.15, 0.2) is 5.76 Å². The molecular weight excluding hydrogens is 262 g/mol. The zero-order chi connectivity index (χ0) is 13.8. The zero-order valence-corrected chi connectivity index (χ0v) is 11.8. The van der Waals surface area contributed by atoms with Crippen LogP contribution >= 0.6 is 11.6 Å². The number of rotatable bonds is 4. The van der Waals surface area contributed by atoms with Crippen molar-refractivity contribution in [3.63, 3.8) is 0 Å². The Morgan fingerprint density at radius 3 is 2.74 bits per heavy atom. The van der Waals surface area contributed by atoms with Crippen LogP contribution in [0, 0.1) is 13.8 Å². The first-order valence-corrected chi connectivity index (χ1v) is 6.67. The number of hydrogen-bond donors (Lipinski definition) is 1. The largest absolute Gasteiger partial charge is 0.451 e. The summed E-state index contributed by atoms with van der Waals surface area (Å²) in [6.07, 6.45) is 0. The number of carbonyl (C=O) groups is 1. The molecule has 1 N–H and O–H groups in total. The topological polar surface area (TPSA) is 42.2 Å². The molecular formula is C15H16ClNO2. The predicted octanol–water partition coefficient (Wildman–Crippen LogP) is 3.53. The van der Waals surface area contributed by atoms with Crippen LogP contribution in [0.15, 0.2) is 34.7 Å². The fourth-order valence-corrected chi connectivity index (χ4v) is 2.04. The minimum atomic E-state index is -0.239. The lowest BCUT2D eigenvalue weighted by atomic mass is 10.0. The summed E-state index contributed by atoms with van der Waals surface area (Å²) in [6, 6.07) is 9.61. The van der Waals surface area contributed by atoms with E-state index in [2.05, 4.69) is 11.4 Å². The Morgan fingerprint density at radius 1 is 1.26 bits per heavy atom. The van der Waals surface area contributed by atoms with Crippen LogP contribution in [0.2, 0.25) is 0 Å². The van der Waals surface area contributed by atoms with E-state index in [1.165, 1.54) is 5.56 Å². The summed E-state index contributed by atoms with van der Waals surface area (Å²) in [5.41, 5.74) is 3.33. The van der Waals surface area contributed by atoms with E-state index < -0.39 is 0 Å². The number of hydrogen-bond acceptors (Lipinski definition) is 2. The van der Waals surface area contributed by atoms with Crippen molar-refractivity contribution >= 4 is 17.5 Å². The third kappa shape index (κ3) is 3.18. The normalized spacial score (nSPS) is 10.5. The molecule has 1 aromatic heterocycles. The summed E-state index contributed by atoms with van der Waals surface area (Å²) in [5, 5.41) is 2.67. The van der Waals surface area contributed by atoms with E-state index in [0.717, 1.165) is 11.1 Å². The molecule has 0 aliphatic heterocycles. The van der Waals surface area contributed by atoms with Crippen molar-refractivity contribution in [1.82, 2.24) is 5.32 Å². The summed E-state index contributed by atoms with van der Waals surface area (Å²) in [6.45, 7) is 4.50. The second-order valence-corrected chi connectivity index (χ2v) is 4.81. The van der Waals surface area contributed by atoms with E-state index >= 15 is 0 Å². The molecule has 0 spiro atoms. The average Bonchev–Trinajstić information content (AvgIpc) is 2.85. The van der Waals surface area contributed by atoms with Gasteiger partial charge in [-0.1, -0.05) is 23.8 Å². The summed E-state index contributed by atoms with van der Waals surface area (Å²) in [5.74, 6) is 1.15. The summed E-state index contributed by atoms with van der Waals surface area (Å²) < 4.78 is 5.59. The molecule has 0 saturated heterocycles. The number of halogens is 1. The number of amides is 1. The van der Waals surface area contributed by atoms with Gasteiger partial charge in [0, 0.05) is 18.0 Å². The highest BCUT2D eigenvalue weighted by molar-refractivity contribution is 6.18. The number of aryl methyl sites for hydroxylation is 2. The van der Waals surface area contributed by atoms with E-state index in [-0.39, 0.29) is 5.91 Å². The third-order valence-corrected chi connectivity index (χ3v) is 3.05. The predicted molar refractivity (Wildman–Crippen MR) is 76.7 cm³/mol. The highest BCUT2D eigenvalue weighted by Gasteiger charge is 2.12. The van der Waals surface area contributed by atoms with Crippen LogP contribution in [-0.2, 0) is 0 Å². The molecule has 0 atom stereocenters.